The fourth-order valence-corrected chi connectivity index (χ4v) is 4.85. The van der Waals surface area contributed by atoms with Crippen LogP contribution in [-0.2, 0) is 16.6 Å². The Bertz CT molecular complexity index is 562. The zero-order valence-electron chi connectivity index (χ0n) is 12.0. The lowest BCUT2D eigenvalue weighted by molar-refractivity contribution is 0.529. The van der Waals surface area contributed by atoms with Crippen LogP contribution in [0.1, 0.15) is 31.2 Å². The third kappa shape index (κ3) is 4.45. The Balaban J connectivity index is 1.60. The Morgan fingerprint density at radius 1 is 1.00 bits per heavy atom. The van der Waals surface area contributed by atoms with E-state index in [9.17, 15) is 8.42 Å². The number of thioether (sulfide) groups is 1. The van der Waals surface area contributed by atoms with Gasteiger partial charge in [-0.3, -0.25) is 0 Å². The van der Waals surface area contributed by atoms with Crippen LogP contribution in [0.5, 0.6) is 0 Å². The number of hydrogen-bond acceptors (Lipinski definition) is 4. The maximum absolute atomic E-state index is 12.4. The molecule has 2 fully saturated rings. The highest BCUT2D eigenvalue weighted by atomic mass is 32.2. The molecule has 2 N–H and O–H groups in total. The van der Waals surface area contributed by atoms with Gasteiger partial charge in [-0.2, -0.15) is 11.8 Å². The number of benzene rings is 1. The van der Waals surface area contributed by atoms with Crippen LogP contribution in [0.3, 0.4) is 0 Å². The fraction of sp³-hybridized carbons (Fsp3) is 0.600. The van der Waals surface area contributed by atoms with Crippen LogP contribution in [0.4, 0.5) is 0 Å². The molecule has 1 aliphatic carbocycles. The summed E-state index contributed by atoms with van der Waals surface area (Å²) in [7, 11) is -3.38. The molecule has 0 bridgehead atoms. The maximum Gasteiger partial charge on any atom is 0.240 e. The lowest BCUT2D eigenvalue weighted by Crippen LogP contribution is -2.37. The number of sulfonamides is 1. The summed E-state index contributed by atoms with van der Waals surface area (Å²) in [6.45, 7) is 0.818. The normalized spacial score (nSPS) is 20.6. The smallest absolute Gasteiger partial charge is 0.240 e. The minimum absolute atomic E-state index is 0.0902. The Labute approximate surface area is 131 Å². The summed E-state index contributed by atoms with van der Waals surface area (Å²) in [6, 6.07) is 7.99. The quantitative estimate of drug-likeness (QED) is 0.841. The Hall–Kier alpha value is -0.560. The molecule has 4 nitrogen and oxygen atoms in total. The van der Waals surface area contributed by atoms with Crippen LogP contribution in [0.25, 0.3) is 0 Å². The van der Waals surface area contributed by atoms with Gasteiger partial charge in [0.05, 0.1) is 4.90 Å². The summed E-state index contributed by atoms with van der Waals surface area (Å²) >= 11 is 1.89. The number of rotatable bonds is 6. The van der Waals surface area contributed by atoms with E-state index in [0.717, 1.165) is 36.5 Å². The molecule has 0 amide bonds. The molecule has 1 saturated heterocycles. The molecule has 3 rings (SSSR count). The monoisotopic (exact) mass is 326 g/mol. The van der Waals surface area contributed by atoms with E-state index in [1.807, 2.05) is 23.9 Å². The summed E-state index contributed by atoms with van der Waals surface area (Å²) < 4.78 is 27.5. The summed E-state index contributed by atoms with van der Waals surface area (Å²) in [6.07, 6.45) is 4.37. The van der Waals surface area contributed by atoms with E-state index < -0.39 is 10.0 Å². The maximum atomic E-state index is 12.4. The first-order chi connectivity index (χ1) is 10.1. The molecular formula is C15H22N2O2S2. The zero-order valence-corrected chi connectivity index (χ0v) is 13.7. The topological polar surface area (TPSA) is 58.2 Å². The molecule has 1 aromatic carbocycles. The van der Waals surface area contributed by atoms with Gasteiger partial charge in [-0.25, -0.2) is 13.1 Å². The van der Waals surface area contributed by atoms with E-state index in [4.69, 9.17) is 0 Å². The van der Waals surface area contributed by atoms with Gasteiger partial charge in [-0.05, 0) is 54.9 Å². The van der Waals surface area contributed by atoms with Crippen LogP contribution >= 0.6 is 11.8 Å². The van der Waals surface area contributed by atoms with Crippen molar-refractivity contribution in [1.29, 1.82) is 0 Å². The second-order valence-electron chi connectivity index (χ2n) is 5.81. The van der Waals surface area contributed by atoms with Gasteiger partial charge < -0.3 is 5.32 Å². The average Bonchev–Trinajstić information content (AvgIpc) is 3.30. The molecule has 0 aromatic heterocycles. The first-order valence-electron chi connectivity index (χ1n) is 7.56. The third-order valence-corrected chi connectivity index (χ3v) is 6.53. The molecule has 0 radical (unpaired) electrons. The first-order valence-corrected chi connectivity index (χ1v) is 10.2. The SMILES string of the molecule is O=S(=O)(NC1CCSCC1)c1ccc(CNC2CC2)cc1. The zero-order chi connectivity index (χ0) is 14.7. The van der Waals surface area contributed by atoms with Crippen LogP contribution < -0.4 is 10.0 Å². The van der Waals surface area contributed by atoms with Gasteiger partial charge in [0.2, 0.25) is 10.0 Å². The summed E-state index contributed by atoms with van der Waals surface area (Å²) in [5.74, 6) is 2.08. The van der Waals surface area contributed by atoms with Crippen molar-refractivity contribution in [3.63, 3.8) is 0 Å². The Morgan fingerprint density at radius 2 is 1.67 bits per heavy atom. The van der Waals surface area contributed by atoms with Crippen molar-refractivity contribution in [2.24, 2.45) is 0 Å². The molecule has 1 aliphatic heterocycles. The highest BCUT2D eigenvalue weighted by molar-refractivity contribution is 7.99. The summed E-state index contributed by atoms with van der Waals surface area (Å²) in [5, 5.41) is 3.43. The molecule has 1 aromatic rings. The summed E-state index contributed by atoms with van der Waals surface area (Å²) in [5.41, 5.74) is 1.13. The highest BCUT2D eigenvalue weighted by Gasteiger charge is 2.22. The van der Waals surface area contributed by atoms with Crippen molar-refractivity contribution in [2.45, 2.75) is 49.2 Å². The molecular weight excluding hydrogens is 304 g/mol. The van der Waals surface area contributed by atoms with Crippen molar-refractivity contribution in [3.05, 3.63) is 29.8 Å². The van der Waals surface area contributed by atoms with Crippen LogP contribution in [-0.4, -0.2) is 32.0 Å². The highest BCUT2D eigenvalue weighted by Crippen LogP contribution is 2.21. The molecule has 0 unspecified atom stereocenters. The van der Waals surface area contributed by atoms with Crippen LogP contribution in [0, 0.1) is 0 Å². The van der Waals surface area contributed by atoms with Gasteiger partial charge in [0.15, 0.2) is 0 Å². The molecule has 21 heavy (non-hydrogen) atoms. The van der Waals surface area contributed by atoms with E-state index in [1.54, 1.807) is 12.1 Å². The lowest BCUT2D eigenvalue weighted by Gasteiger charge is -2.22. The Kier molecular flexibility index (Phi) is 4.88. The minimum Gasteiger partial charge on any atom is -0.310 e. The lowest BCUT2D eigenvalue weighted by atomic mass is 10.2. The van der Waals surface area contributed by atoms with Crippen LogP contribution in [0.15, 0.2) is 29.2 Å². The molecule has 116 valence electrons. The van der Waals surface area contributed by atoms with Gasteiger partial charge in [-0.1, -0.05) is 12.1 Å². The second kappa shape index (κ2) is 6.69. The predicted molar refractivity (Wildman–Crippen MR) is 87.0 cm³/mol. The van der Waals surface area contributed by atoms with Crippen molar-refractivity contribution < 1.29 is 8.42 Å². The second-order valence-corrected chi connectivity index (χ2v) is 8.75. The van der Waals surface area contributed by atoms with Crippen molar-refractivity contribution >= 4 is 21.8 Å². The number of nitrogens with one attached hydrogen (secondary N) is 2. The molecule has 0 atom stereocenters. The van der Waals surface area contributed by atoms with E-state index in [1.165, 1.54) is 12.8 Å². The predicted octanol–water partition coefficient (Wildman–Crippen LogP) is 2.11. The van der Waals surface area contributed by atoms with Crippen molar-refractivity contribution in [2.75, 3.05) is 11.5 Å². The van der Waals surface area contributed by atoms with E-state index in [2.05, 4.69) is 10.0 Å². The van der Waals surface area contributed by atoms with Crippen molar-refractivity contribution in [1.82, 2.24) is 10.0 Å². The van der Waals surface area contributed by atoms with Crippen molar-refractivity contribution in [3.8, 4) is 0 Å². The molecule has 1 heterocycles. The fourth-order valence-electron chi connectivity index (χ4n) is 2.44. The molecule has 1 saturated carbocycles. The van der Waals surface area contributed by atoms with Gasteiger partial charge in [0.25, 0.3) is 0 Å². The van der Waals surface area contributed by atoms with Crippen LogP contribution in [0.2, 0.25) is 0 Å². The van der Waals surface area contributed by atoms with Gasteiger partial charge in [0.1, 0.15) is 0 Å². The molecule has 6 heteroatoms. The molecule has 2 aliphatic rings. The van der Waals surface area contributed by atoms with E-state index in [0.29, 0.717) is 10.9 Å². The summed E-state index contributed by atoms with van der Waals surface area (Å²) in [4.78, 5) is 0.371. The standard InChI is InChI=1S/C15H22N2O2S2/c18-21(19,17-14-7-9-20-10-8-14)15-5-1-12(2-6-15)11-16-13-3-4-13/h1-2,5-6,13-14,16-17H,3-4,7-11H2. The van der Waals surface area contributed by atoms with Gasteiger partial charge in [0, 0.05) is 18.6 Å². The van der Waals surface area contributed by atoms with Gasteiger partial charge in [-0.15, -0.1) is 0 Å². The third-order valence-electron chi connectivity index (χ3n) is 3.95. The van der Waals surface area contributed by atoms with E-state index >= 15 is 0 Å². The van der Waals surface area contributed by atoms with Gasteiger partial charge >= 0.3 is 0 Å². The first kappa shape index (κ1) is 15.3. The van der Waals surface area contributed by atoms with E-state index in [-0.39, 0.29) is 6.04 Å². The minimum atomic E-state index is -3.38. The molecule has 0 spiro atoms. The average molecular weight is 326 g/mol. The largest absolute Gasteiger partial charge is 0.310 e. The number of hydrogen-bond donors (Lipinski definition) is 2. The Morgan fingerprint density at radius 3 is 2.29 bits per heavy atom.